The summed E-state index contributed by atoms with van der Waals surface area (Å²) in [6.45, 7) is 1.20. The molecule has 11 heteroatoms. The van der Waals surface area contributed by atoms with Gasteiger partial charge in [-0.1, -0.05) is 0 Å². The van der Waals surface area contributed by atoms with Gasteiger partial charge >= 0.3 is 0 Å². The van der Waals surface area contributed by atoms with Crippen molar-refractivity contribution < 1.29 is 8.78 Å². The van der Waals surface area contributed by atoms with Crippen LogP contribution in [0.15, 0.2) is 18.2 Å². The topological polar surface area (TPSA) is 99.0 Å². The number of aryl methyl sites for hydroxylation is 1. The van der Waals surface area contributed by atoms with E-state index in [0.29, 0.717) is 45.2 Å². The van der Waals surface area contributed by atoms with Crippen molar-refractivity contribution in [2.24, 2.45) is 0 Å². The zero-order valence-electron chi connectivity index (χ0n) is 14.6. The van der Waals surface area contributed by atoms with E-state index in [-0.39, 0.29) is 5.95 Å². The van der Waals surface area contributed by atoms with Crippen LogP contribution in [-0.4, -0.2) is 50.5 Å². The minimum Gasteiger partial charge on any atom is -0.371 e. The lowest BCUT2D eigenvalue weighted by atomic mass is 10.0. The smallest absolute Gasteiger partial charge is 0.256 e. The Morgan fingerprint density at radius 2 is 2.04 bits per heavy atom. The first-order valence-electron chi connectivity index (χ1n) is 8.14. The molecule has 0 saturated heterocycles. The van der Waals surface area contributed by atoms with Gasteiger partial charge in [0.2, 0.25) is 5.95 Å². The van der Waals surface area contributed by atoms with Crippen molar-refractivity contribution in [3.63, 3.8) is 0 Å². The van der Waals surface area contributed by atoms with E-state index in [1.165, 1.54) is 9.08 Å². The fourth-order valence-electron chi connectivity index (χ4n) is 3.14. The highest BCUT2D eigenvalue weighted by Gasteiger charge is 2.18. The standard InChI is InChI=1S/C16H15BF2N8/c1-7-22-10-4-3-9(23-15(10)26(7)6-12(18)19)8-5-11(17)27-13(8)14(21-2)24-16(20)25-27/h3-5,12H,6H2,1-2H3,(H3,20,21,24,25). The van der Waals surface area contributed by atoms with Crippen molar-refractivity contribution in [2.75, 3.05) is 18.1 Å². The molecule has 0 aliphatic carbocycles. The Kier molecular flexibility index (Phi) is 3.94. The monoisotopic (exact) mass is 368 g/mol. The summed E-state index contributed by atoms with van der Waals surface area (Å²) in [5.41, 5.74) is 8.78. The van der Waals surface area contributed by atoms with Gasteiger partial charge in [-0.05, 0) is 30.7 Å². The number of alkyl halides is 2. The van der Waals surface area contributed by atoms with Crippen LogP contribution in [0.3, 0.4) is 0 Å². The van der Waals surface area contributed by atoms with Gasteiger partial charge in [0.05, 0.1) is 12.2 Å². The van der Waals surface area contributed by atoms with Crippen molar-refractivity contribution >= 4 is 41.9 Å². The average Bonchev–Trinajstić information content (AvgIpc) is 3.11. The molecule has 0 fully saturated rings. The quantitative estimate of drug-likeness (QED) is 0.524. The molecule has 0 atom stereocenters. The third-order valence-corrected chi connectivity index (χ3v) is 4.27. The zero-order chi connectivity index (χ0) is 19.3. The highest BCUT2D eigenvalue weighted by atomic mass is 19.3. The normalized spacial score (nSPS) is 11.7. The average molecular weight is 368 g/mol. The summed E-state index contributed by atoms with van der Waals surface area (Å²) in [5, 5.41) is 7.09. The third kappa shape index (κ3) is 2.75. The molecule has 0 aromatic carbocycles. The van der Waals surface area contributed by atoms with Crippen molar-refractivity contribution in [3.05, 3.63) is 24.0 Å². The number of aromatic nitrogens is 6. The first kappa shape index (κ1) is 17.2. The van der Waals surface area contributed by atoms with Gasteiger partial charge in [0.15, 0.2) is 11.5 Å². The van der Waals surface area contributed by atoms with Gasteiger partial charge in [0.1, 0.15) is 24.7 Å². The zero-order valence-corrected chi connectivity index (χ0v) is 14.6. The maximum Gasteiger partial charge on any atom is 0.256 e. The first-order valence-corrected chi connectivity index (χ1v) is 8.14. The fourth-order valence-corrected chi connectivity index (χ4v) is 3.14. The number of nitrogens with zero attached hydrogens (tertiary/aromatic N) is 6. The van der Waals surface area contributed by atoms with Crippen molar-refractivity contribution in [3.8, 4) is 11.3 Å². The number of imidazole rings is 1. The Balaban J connectivity index is 1.97. The van der Waals surface area contributed by atoms with E-state index in [1.807, 2.05) is 0 Å². The number of pyridine rings is 1. The summed E-state index contributed by atoms with van der Waals surface area (Å²) in [4.78, 5) is 13.0. The molecule has 4 heterocycles. The highest BCUT2D eigenvalue weighted by molar-refractivity contribution is 6.32. The van der Waals surface area contributed by atoms with Crippen LogP contribution in [0.2, 0.25) is 0 Å². The van der Waals surface area contributed by atoms with E-state index in [4.69, 9.17) is 13.6 Å². The van der Waals surface area contributed by atoms with Gasteiger partial charge in [-0.2, -0.15) is 4.98 Å². The Labute approximate surface area is 153 Å². The van der Waals surface area contributed by atoms with Crippen LogP contribution < -0.4 is 16.6 Å². The van der Waals surface area contributed by atoms with Crippen LogP contribution >= 0.6 is 0 Å². The minimum absolute atomic E-state index is 0.0646. The van der Waals surface area contributed by atoms with E-state index in [9.17, 15) is 8.78 Å². The molecule has 0 amide bonds. The van der Waals surface area contributed by atoms with Crippen molar-refractivity contribution in [1.29, 1.82) is 0 Å². The Morgan fingerprint density at radius 3 is 2.74 bits per heavy atom. The summed E-state index contributed by atoms with van der Waals surface area (Å²) in [7, 11) is 7.77. The lowest BCUT2D eigenvalue weighted by molar-refractivity contribution is 0.127. The molecule has 0 saturated carbocycles. The molecule has 0 bridgehead atoms. The molecule has 27 heavy (non-hydrogen) atoms. The summed E-state index contributed by atoms with van der Waals surface area (Å²) >= 11 is 0. The van der Waals surface area contributed by atoms with Gasteiger partial charge in [0, 0.05) is 12.6 Å². The van der Waals surface area contributed by atoms with Crippen LogP contribution in [-0.2, 0) is 6.54 Å². The molecule has 2 radical (unpaired) electrons. The summed E-state index contributed by atoms with van der Waals surface area (Å²) in [6.07, 6.45) is -2.51. The number of fused-ring (bicyclic) bond motifs is 2. The number of nitrogen functional groups attached to an aromatic ring is 1. The van der Waals surface area contributed by atoms with Crippen LogP contribution in [0.4, 0.5) is 20.5 Å². The number of hydrogen-bond donors (Lipinski definition) is 2. The third-order valence-electron chi connectivity index (χ3n) is 4.27. The predicted molar refractivity (Wildman–Crippen MR) is 99.6 cm³/mol. The second-order valence-corrected chi connectivity index (χ2v) is 6.01. The molecular weight excluding hydrogens is 353 g/mol. The molecule has 4 aromatic heterocycles. The number of rotatable bonds is 4. The van der Waals surface area contributed by atoms with Gasteiger partial charge in [-0.15, -0.1) is 5.10 Å². The molecule has 0 unspecified atom stereocenters. The number of halogens is 2. The predicted octanol–water partition coefficient (Wildman–Crippen LogP) is 1.13. The summed E-state index contributed by atoms with van der Waals surface area (Å²) in [5.74, 6) is 1.02. The Morgan fingerprint density at radius 1 is 1.26 bits per heavy atom. The molecular formula is C16H15BF2N8. The number of anilines is 2. The van der Waals surface area contributed by atoms with Crippen molar-refractivity contribution in [1.82, 2.24) is 29.1 Å². The van der Waals surface area contributed by atoms with Crippen molar-refractivity contribution in [2.45, 2.75) is 19.9 Å². The van der Waals surface area contributed by atoms with E-state index in [2.05, 4.69) is 25.4 Å². The highest BCUT2D eigenvalue weighted by Crippen LogP contribution is 2.29. The first-order chi connectivity index (χ1) is 12.9. The Bertz CT molecular complexity index is 1170. The molecule has 0 aliphatic rings. The van der Waals surface area contributed by atoms with E-state index in [0.717, 1.165) is 0 Å². The fraction of sp³-hybridized carbons (Fsp3) is 0.250. The molecule has 4 aromatic rings. The number of hydrogen-bond acceptors (Lipinski definition) is 6. The summed E-state index contributed by atoms with van der Waals surface area (Å²) in [6, 6.07) is 5.19. The van der Waals surface area contributed by atoms with Gasteiger partial charge in [-0.25, -0.2) is 23.3 Å². The molecule has 0 spiro atoms. The molecule has 8 nitrogen and oxygen atoms in total. The maximum atomic E-state index is 12.9. The molecule has 0 aliphatic heterocycles. The van der Waals surface area contributed by atoms with Gasteiger partial charge < -0.3 is 15.6 Å². The largest absolute Gasteiger partial charge is 0.371 e. The molecule has 3 N–H and O–H groups in total. The summed E-state index contributed by atoms with van der Waals surface area (Å²) < 4.78 is 28.8. The lowest BCUT2D eigenvalue weighted by Crippen LogP contribution is -2.15. The van der Waals surface area contributed by atoms with Gasteiger partial charge in [0.25, 0.3) is 6.43 Å². The second-order valence-electron chi connectivity index (χ2n) is 6.01. The maximum absolute atomic E-state index is 12.9. The molecule has 4 rings (SSSR count). The van der Waals surface area contributed by atoms with Crippen LogP contribution in [0, 0.1) is 6.92 Å². The van der Waals surface area contributed by atoms with Gasteiger partial charge in [-0.3, -0.25) is 0 Å². The number of nitrogens with one attached hydrogen (secondary N) is 1. The Hall–Kier alpha value is -3.24. The number of nitrogens with two attached hydrogens (primary N) is 1. The van der Waals surface area contributed by atoms with Crippen LogP contribution in [0.5, 0.6) is 0 Å². The minimum atomic E-state index is -2.51. The van der Waals surface area contributed by atoms with E-state index in [1.54, 1.807) is 32.2 Å². The van der Waals surface area contributed by atoms with E-state index < -0.39 is 13.0 Å². The lowest BCUT2D eigenvalue weighted by Gasteiger charge is -2.08. The van der Waals surface area contributed by atoms with Crippen LogP contribution in [0.25, 0.3) is 27.9 Å². The molecule has 136 valence electrons. The SMILES string of the molecule is [B]c1cc(-c2ccc3nc(C)n(CC(F)F)c3n2)c2c(NC)nc(N)nn12. The van der Waals surface area contributed by atoms with E-state index >= 15 is 0 Å². The second kappa shape index (κ2) is 6.18. The van der Waals surface area contributed by atoms with Crippen LogP contribution in [0.1, 0.15) is 5.82 Å².